The third-order valence-corrected chi connectivity index (χ3v) is 4.97. The first-order chi connectivity index (χ1) is 9.17. The zero-order chi connectivity index (χ0) is 13.8. The summed E-state index contributed by atoms with van der Waals surface area (Å²) in [5, 5.41) is 0. The van der Waals surface area contributed by atoms with Crippen LogP contribution in [0.25, 0.3) is 0 Å². The molecule has 1 heterocycles. The normalized spacial score (nSPS) is 24.4. The molecule has 19 heavy (non-hydrogen) atoms. The van der Waals surface area contributed by atoms with E-state index in [0.717, 1.165) is 25.2 Å². The number of aryl methyl sites for hydroxylation is 1. The average Bonchev–Trinajstić information content (AvgIpc) is 2.88. The van der Waals surface area contributed by atoms with Crippen LogP contribution in [-0.2, 0) is 4.74 Å². The Morgan fingerprint density at radius 3 is 2.89 bits per heavy atom. The summed E-state index contributed by atoms with van der Waals surface area (Å²) in [7, 11) is 0. The van der Waals surface area contributed by atoms with Crippen LogP contribution in [0.4, 0.5) is 0 Å². The molecular weight excluding hydrogens is 304 g/mol. The maximum atomic E-state index is 5.82. The highest BCUT2D eigenvalue weighted by Gasteiger charge is 2.34. The quantitative estimate of drug-likeness (QED) is 0.733. The second kappa shape index (κ2) is 6.76. The molecule has 0 aliphatic carbocycles. The SMILES string of the molecule is CCOc1ccc(C)cc1C(Br)C1CCOC1CC. The number of hydrogen-bond donors (Lipinski definition) is 0. The molecule has 0 amide bonds. The van der Waals surface area contributed by atoms with Gasteiger partial charge in [0.1, 0.15) is 5.75 Å². The summed E-state index contributed by atoms with van der Waals surface area (Å²) in [6.07, 6.45) is 2.55. The van der Waals surface area contributed by atoms with Crippen molar-refractivity contribution >= 4 is 15.9 Å². The van der Waals surface area contributed by atoms with Crippen LogP contribution in [0.2, 0.25) is 0 Å². The highest BCUT2D eigenvalue weighted by Crippen LogP contribution is 2.43. The molecule has 2 nitrogen and oxygen atoms in total. The molecule has 1 aliphatic heterocycles. The molecule has 1 fully saturated rings. The molecule has 0 spiro atoms. The first kappa shape index (κ1) is 14.9. The zero-order valence-electron chi connectivity index (χ0n) is 12.0. The molecule has 106 valence electrons. The van der Waals surface area contributed by atoms with E-state index in [1.807, 2.05) is 6.92 Å². The van der Waals surface area contributed by atoms with Crippen molar-refractivity contribution in [2.75, 3.05) is 13.2 Å². The molecule has 1 aromatic carbocycles. The summed E-state index contributed by atoms with van der Waals surface area (Å²) in [5.74, 6) is 1.53. The Hall–Kier alpha value is -0.540. The molecule has 3 heteroatoms. The molecular formula is C16H23BrO2. The minimum absolute atomic E-state index is 0.307. The van der Waals surface area contributed by atoms with Crippen LogP contribution in [0, 0.1) is 12.8 Å². The zero-order valence-corrected chi connectivity index (χ0v) is 13.6. The predicted molar refractivity (Wildman–Crippen MR) is 82.2 cm³/mol. The molecule has 1 aliphatic rings. The third-order valence-electron chi connectivity index (χ3n) is 3.80. The van der Waals surface area contributed by atoms with E-state index < -0.39 is 0 Å². The maximum absolute atomic E-state index is 5.82. The number of rotatable bonds is 5. The van der Waals surface area contributed by atoms with Gasteiger partial charge in [-0.2, -0.15) is 0 Å². The smallest absolute Gasteiger partial charge is 0.123 e. The van der Waals surface area contributed by atoms with Gasteiger partial charge >= 0.3 is 0 Å². The summed E-state index contributed by atoms with van der Waals surface area (Å²) in [6.45, 7) is 7.93. The fourth-order valence-electron chi connectivity index (χ4n) is 2.82. The fourth-order valence-corrected chi connectivity index (χ4v) is 3.78. The Balaban J connectivity index is 2.26. The summed E-state index contributed by atoms with van der Waals surface area (Å²) >= 11 is 3.89. The van der Waals surface area contributed by atoms with Gasteiger partial charge in [-0.25, -0.2) is 0 Å². The number of halogens is 1. The highest BCUT2D eigenvalue weighted by atomic mass is 79.9. The van der Waals surface area contributed by atoms with Crippen molar-refractivity contribution in [2.45, 2.75) is 44.5 Å². The van der Waals surface area contributed by atoms with Gasteiger partial charge in [-0.15, -0.1) is 0 Å². The summed E-state index contributed by atoms with van der Waals surface area (Å²) < 4.78 is 11.6. The second-order valence-electron chi connectivity index (χ2n) is 5.15. The lowest BCUT2D eigenvalue weighted by atomic mass is 9.91. The molecule has 0 radical (unpaired) electrons. The van der Waals surface area contributed by atoms with Gasteiger partial charge in [0.15, 0.2) is 0 Å². The van der Waals surface area contributed by atoms with Crippen molar-refractivity contribution in [1.29, 1.82) is 0 Å². The third kappa shape index (κ3) is 3.32. The molecule has 0 bridgehead atoms. The van der Waals surface area contributed by atoms with Crippen molar-refractivity contribution in [1.82, 2.24) is 0 Å². The summed E-state index contributed by atoms with van der Waals surface area (Å²) in [5.41, 5.74) is 2.53. The van der Waals surface area contributed by atoms with E-state index in [9.17, 15) is 0 Å². The lowest BCUT2D eigenvalue weighted by Crippen LogP contribution is -2.19. The summed E-state index contributed by atoms with van der Waals surface area (Å²) in [4.78, 5) is 0.307. The number of benzene rings is 1. The molecule has 3 atom stereocenters. The Labute approximate surface area is 124 Å². The standard InChI is InChI=1S/C16H23BrO2/c1-4-14-12(8-9-19-14)16(17)13-10-11(3)6-7-15(13)18-5-2/h6-7,10,12,14,16H,4-5,8-9H2,1-3H3. The van der Waals surface area contributed by atoms with Gasteiger partial charge in [0.05, 0.1) is 12.7 Å². The van der Waals surface area contributed by atoms with Crippen molar-refractivity contribution in [3.8, 4) is 5.75 Å². The lowest BCUT2D eigenvalue weighted by molar-refractivity contribution is 0.0871. The van der Waals surface area contributed by atoms with E-state index in [2.05, 4.69) is 48.0 Å². The van der Waals surface area contributed by atoms with Gasteiger partial charge in [0.25, 0.3) is 0 Å². The van der Waals surface area contributed by atoms with E-state index in [4.69, 9.17) is 9.47 Å². The molecule has 2 rings (SSSR count). The van der Waals surface area contributed by atoms with E-state index in [1.165, 1.54) is 11.1 Å². The average molecular weight is 327 g/mol. The molecule has 0 saturated carbocycles. The molecule has 0 aromatic heterocycles. The largest absolute Gasteiger partial charge is 0.494 e. The van der Waals surface area contributed by atoms with Gasteiger partial charge in [-0.3, -0.25) is 0 Å². The van der Waals surface area contributed by atoms with Crippen LogP contribution in [-0.4, -0.2) is 19.3 Å². The second-order valence-corrected chi connectivity index (χ2v) is 6.13. The Kier molecular flexibility index (Phi) is 5.28. The van der Waals surface area contributed by atoms with Crippen LogP contribution in [0.1, 0.15) is 42.6 Å². The van der Waals surface area contributed by atoms with Crippen LogP contribution in [0.3, 0.4) is 0 Å². The Morgan fingerprint density at radius 2 is 2.21 bits per heavy atom. The van der Waals surface area contributed by atoms with Crippen molar-refractivity contribution in [3.05, 3.63) is 29.3 Å². The number of alkyl halides is 1. The summed E-state index contributed by atoms with van der Waals surface area (Å²) in [6, 6.07) is 6.42. The topological polar surface area (TPSA) is 18.5 Å². The first-order valence-corrected chi connectivity index (χ1v) is 8.08. The monoisotopic (exact) mass is 326 g/mol. The first-order valence-electron chi connectivity index (χ1n) is 7.16. The highest BCUT2D eigenvalue weighted by molar-refractivity contribution is 9.09. The van der Waals surface area contributed by atoms with Gasteiger partial charge in [-0.1, -0.05) is 40.5 Å². The van der Waals surface area contributed by atoms with Gasteiger partial charge < -0.3 is 9.47 Å². The van der Waals surface area contributed by atoms with E-state index in [0.29, 0.717) is 23.5 Å². The van der Waals surface area contributed by atoms with Crippen molar-refractivity contribution in [2.24, 2.45) is 5.92 Å². The number of hydrogen-bond acceptors (Lipinski definition) is 2. The van der Waals surface area contributed by atoms with Crippen molar-refractivity contribution in [3.63, 3.8) is 0 Å². The Morgan fingerprint density at radius 1 is 1.42 bits per heavy atom. The van der Waals surface area contributed by atoms with Gasteiger partial charge in [0.2, 0.25) is 0 Å². The van der Waals surface area contributed by atoms with E-state index in [1.54, 1.807) is 0 Å². The minimum atomic E-state index is 0.307. The molecule has 1 saturated heterocycles. The molecule has 1 aromatic rings. The van der Waals surface area contributed by atoms with E-state index >= 15 is 0 Å². The number of ether oxygens (including phenoxy) is 2. The van der Waals surface area contributed by atoms with Gasteiger partial charge in [0, 0.05) is 22.9 Å². The van der Waals surface area contributed by atoms with Crippen molar-refractivity contribution < 1.29 is 9.47 Å². The maximum Gasteiger partial charge on any atom is 0.123 e. The van der Waals surface area contributed by atoms with Gasteiger partial charge in [-0.05, 0) is 32.8 Å². The van der Waals surface area contributed by atoms with Crippen LogP contribution < -0.4 is 4.74 Å². The van der Waals surface area contributed by atoms with Crippen LogP contribution >= 0.6 is 15.9 Å². The fraction of sp³-hybridized carbons (Fsp3) is 0.625. The minimum Gasteiger partial charge on any atom is -0.494 e. The lowest BCUT2D eigenvalue weighted by Gasteiger charge is -2.24. The molecule has 0 N–H and O–H groups in total. The molecule has 3 unspecified atom stereocenters. The van der Waals surface area contributed by atoms with Crippen LogP contribution in [0.5, 0.6) is 5.75 Å². The van der Waals surface area contributed by atoms with Crippen LogP contribution in [0.15, 0.2) is 18.2 Å². The van der Waals surface area contributed by atoms with E-state index in [-0.39, 0.29) is 0 Å². The Bertz CT molecular complexity index is 419. The predicted octanol–water partition coefficient (Wildman–Crippen LogP) is 4.64.